The molecule has 0 aliphatic heterocycles. The Morgan fingerprint density at radius 1 is 1.29 bits per heavy atom. The van der Waals surface area contributed by atoms with E-state index in [-0.39, 0.29) is 12.1 Å². The second-order valence-electron chi connectivity index (χ2n) is 4.40. The molecule has 1 rings (SSSR count). The predicted molar refractivity (Wildman–Crippen MR) is 66.5 cm³/mol. The van der Waals surface area contributed by atoms with Crippen LogP contribution in [0.15, 0.2) is 24.3 Å². The van der Waals surface area contributed by atoms with Crippen molar-refractivity contribution in [2.75, 3.05) is 6.54 Å². The van der Waals surface area contributed by atoms with E-state index >= 15 is 0 Å². The lowest BCUT2D eigenvalue weighted by molar-refractivity contribution is -0.119. The van der Waals surface area contributed by atoms with Gasteiger partial charge < -0.3 is 15.5 Å². The molecule has 2 unspecified atom stereocenters. The molecule has 0 radical (unpaired) electrons. The van der Waals surface area contributed by atoms with Gasteiger partial charge >= 0.3 is 6.18 Å². The Kier molecular flexibility index (Phi) is 5.45. The van der Waals surface area contributed by atoms with Crippen LogP contribution in [0, 0.1) is 0 Å². The van der Waals surface area contributed by atoms with E-state index in [2.05, 4.69) is 5.32 Å². The maximum absolute atomic E-state index is 12.3. The summed E-state index contributed by atoms with van der Waals surface area (Å²) in [5.41, 5.74) is -0.686. The first-order chi connectivity index (χ1) is 9.62. The number of carbonyl (C=O) groups is 2. The van der Waals surface area contributed by atoms with Crippen LogP contribution in [0.2, 0.25) is 0 Å². The smallest absolute Gasteiger partial charge is 0.388 e. The van der Waals surface area contributed by atoms with Crippen LogP contribution < -0.4 is 5.32 Å². The summed E-state index contributed by atoms with van der Waals surface area (Å²) in [6.45, 7) is 0.940. The van der Waals surface area contributed by atoms with Crippen molar-refractivity contribution < 1.29 is 33.0 Å². The van der Waals surface area contributed by atoms with Crippen molar-refractivity contribution in [2.45, 2.75) is 25.3 Å². The number of hydrogen-bond acceptors (Lipinski definition) is 4. The number of hydrogen-bond donors (Lipinski definition) is 3. The number of benzene rings is 1. The third-order valence-corrected chi connectivity index (χ3v) is 2.67. The van der Waals surface area contributed by atoms with E-state index in [1.54, 1.807) is 0 Å². The zero-order chi connectivity index (χ0) is 16.2. The highest BCUT2D eigenvalue weighted by Gasteiger charge is 2.39. The lowest BCUT2D eigenvalue weighted by atomic mass is 10.00. The van der Waals surface area contributed by atoms with E-state index in [1.807, 2.05) is 0 Å². The van der Waals surface area contributed by atoms with Crippen molar-refractivity contribution in [3.05, 3.63) is 35.4 Å². The molecule has 0 saturated carbocycles. The van der Waals surface area contributed by atoms with Crippen LogP contribution >= 0.6 is 0 Å². The van der Waals surface area contributed by atoms with Gasteiger partial charge in [-0.15, -0.1) is 0 Å². The van der Waals surface area contributed by atoms with Crippen molar-refractivity contribution in [1.29, 1.82) is 0 Å². The average molecular weight is 305 g/mol. The van der Waals surface area contributed by atoms with Crippen LogP contribution in [-0.2, 0) is 4.79 Å². The maximum atomic E-state index is 12.3. The highest BCUT2D eigenvalue weighted by molar-refractivity contribution is 6.00. The van der Waals surface area contributed by atoms with Gasteiger partial charge in [0.1, 0.15) is 12.2 Å². The third kappa shape index (κ3) is 4.83. The summed E-state index contributed by atoms with van der Waals surface area (Å²) in [4.78, 5) is 21.8. The number of ketones is 1. The van der Waals surface area contributed by atoms with Crippen molar-refractivity contribution in [3.8, 4) is 0 Å². The minimum Gasteiger partial charge on any atom is -0.388 e. The molecule has 3 N–H and O–H groups in total. The number of Topliss-reactive ketones (excluding diaryl/α,β-unsaturated/α-hetero) is 1. The van der Waals surface area contributed by atoms with Gasteiger partial charge in [0.05, 0.1) is 0 Å². The summed E-state index contributed by atoms with van der Waals surface area (Å²) in [5.74, 6) is -2.46. The van der Waals surface area contributed by atoms with Crippen LogP contribution in [0.1, 0.15) is 28.9 Å². The quantitative estimate of drug-likeness (QED) is 0.707. The van der Waals surface area contributed by atoms with E-state index in [0.29, 0.717) is 0 Å². The summed E-state index contributed by atoms with van der Waals surface area (Å²) in [7, 11) is 0. The standard InChI is InChI=1S/C13H14F3NO4/c1-7(18)17-6-10(19)11(20)8-3-2-4-9(5-8)12(21)13(14,15)16/h2-5,10-11,19-20H,6H2,1H3,(H,17,18). The second-order valence-corrected chi connectivity index (χ2v) is 4.40. The topological polar surface area (TPSA) is 86.6 Å². The van der Waals surface area contributed by atoms with Gasteiger partial charge in [0.25, 0.3) is 5.78 Å². The molecule has 1 aromatic carbocycles. The molecular weight excluding hydrogens is 291 g/mol. The highest BCUT2D eigenvalue weighted by Crippen LogP contribution is 2.24. The van der Waals surface area contributed by atoms with Crippen molar-refractivity contribution in [3.63, 3.8) is 0 Å². The maximum Gasteiger partial charge on any atom is 0.454 e. The number of aliphatic hydroxyl groups is 2. The molecule has 0 saturated heterocycles. The summed E-state index contributed by atoms with van der Waals surface area (Å²) in [5, 5.41) is 21.7. The molecule has 21 heavy (non-hydrogen) atoms. The van der Waals surface area contributed by atoms with Crippen molar-refractivity contribution in [2.24, 2.45) is 0 Å². The lowest BCUT2D eigenvalue weighted by Crippen LogP contribution is -2.34. The number of carbonyl (C=O) groups excluding carboxylic acids is 2. The summed E-state index contributed by atoms with van der Waals surface area (Å²) < 4.78 is 37.0. The Balaban J connectivity index is 2.89. The van der Waals surface area contributed by atoms with Crippen molar-refractivity contribution >= 4 is 11.7 Å². The van der Waals surface area contributed by atoms with E-state index in [1.165, 1.54) is 19.1 Å². The molecule has 0 aliphatic carbocycles. The van der Waals surface area contributed by atoms with Gasteiger partial charge in [-0.1, -0.05) is 18.2 Å². The summed E-state index contributed by atoms with van der Waals surface area (Å²) in [6.07, 6.45) is -7.96. The van der Waals surface area contributed by atoms with Crippen molar-refractivity contribution in [1.82, 2.24) is 5.32 Å². The number of aliphatic hydroxyl groups excluding tert-OH is 2. The van der Waals surface area contributed by atoms with E-state index in [9.17, 15) is 33.0 Å². The van der Waals surface area contributed by atoms with E-state index in [0.717, 1.165) is 12.1 Å². The molecular formula is C13H14F3NO4. The summed E-state index contributed by atoms with van der Waals surface area (Å²) in [6, 6.07) is 4.27. The zero-order valence-corrected chi connectivity index (χ0v) is 11.0. The largest absolute Gasteiger partial charge is 0.454 e. The average Bonchev–Trinajstić information content (AvgIpc) is 2.42. The minimum atomic E-state index is -5.02. The molecule has 0 heterocycles. The number of nitrogens with one attached hydrogen (secondary N) is 1. The molecule has 2 atom stereocenters. The van der Waals surface area contributed by atoms with Gasteiger partial charge in [-0.25, -0.2) is 0 Å². The molecule has 1 amide bonds. The molecule has 1 aromatic rings. The minimum absolute atomic E-state index is 0.0528. The third-order valence-electron chi connectivity index (χ3n) is 2.67. The van der Waals surface area contributed by atoms with Crippen LogP contribution in [0.25, 0.3) is 0 Å². The molecule has 0 spiro atoms. The SMILES string of the molecule is CC(=O)NCC(O)C(O)c1cccc(C(=O)C(F)(F)F)c1. The highest BCUT2D eigenvalue weighted by atomic mass is 19.4. The Bertz CT molecular complexity index is 530. The van der Waals surface area contributed by atoms with Gasteiger partial charge in [0, 0.05) is 19.0 Å². The van der Waals surface area contributed by atoms with Gasteiger partial charge in [0.15, 0.2) is 0 Å². The van der Waals surface area contributed by atoms with E-state index in [4.69, 9.17) is 0 Å². The fraction of sp³-hybridized carbons (Fsp3) is 0.385. The first-order valence-corrected chi connectivity index (χ1v) is 5.95. The Hall–Kier alpha value is -1.93. The Labute approximate surface area is 118 Å². The van der Waals surface area contributed by atoms with Crippen LogP contribution in [-0.4, -0.2) is 40.7 Å². The van der Waals surface area contributed by atoms with Gasteiger partial charge in [-0.05, 0) is 11.6 Å². The fourth-order valence-electron chi connectivity index (χ4n) is 1.61. The first-order valence-electron chi connectivity index (χ1n) is 5.95. The van der Waals surface area contributed by atoms with Gasteiger partial charge in [0.2, 0.25) is 5.91 Å². The molecule has 0 bridgehead atoms. The number of rotatable bonds is 5. The molecule has 5 nitrogen and oxygen atoms in total. The lowest BCUT2D eigenvalue weighted by Gasteiger charge is -2.19. The number of alkyl halides is 3. The van der Waals surface area contributed by atoms with Crippen LogP contribution in [0.3, 0.4) is 0 Å². The number of halogens is 3. The second kappa shape index (κ2) is 6.68. The normalized spacial score (nSPS) is 14.4. The fourth-order valence-corrected chi connectivity index (χ4v) is 1.61. The molecule has 116 valence electrons. The molecule has 8 heteroatoms. The molecule has 0 aromatic heterocycles. The summed E-state index contributed by atoms with van der Waals surface area (Å²) >= 11 is 0. The first kappa shape index (κ1) is 17.1. The zero-order valence-electron chi connectivity index (χ0n) is 11.0. The van der Waals surface area contributed by atoms with Gasteiger partial charge in [-0.2, -0.15) is 13.2 Å². The predicted octanol–water partition coefficient (Wildman–Crippen LogP) is 0.962. The molecule has 0 fully saturated rings. The van der Waals surface area contributed by atoms with Crippen LogP contribution in [0.4, 0.5) is 13.2 Å². The Morgan fingerprint density at radius 2 is 1.90 bits per heavy atom. The van der Waals surface area contributed by atoms with E-state index < -0.39 is 35.6 Å². The Morgan fingerprint density at radius 3 is 2.43 bits per heavy atom. The van der Waals surface area contributed by atoms with Gasteiger partial charge in [-0.3, -0.25) is 9.59 Å². The molecule has 0 aliphatic rings. The van der Waals surface area contributed by atoms with Crippen LogP contribution in [0.5, 0.6) is 0 Å². The monoisotopic (exact) mass is 305 g/mol. The number of amides is 1.